The van der Waals surface area contributed by atoms with Gasteiger partial charge in [0.2, 0.25) is 5.82 Å². The fourth-order valence-corrected chi connectivity index (χ4v) is 17.2. The highest BCUT2D eigenvalue weighted by molar-refractivity contribution is 6.81. The first-order valence-corrected chi connectivity index (χ1v) is 23.8. The predicted molar refractivity (Wildman–Crippen MR) is 162 cm³/mol. The van der Waals surface area contributed by atoms with E-state index in [9.17, 15) is 17.6 Å². The summed E-state index contributed by atoms with van der Waals surface area (Å²) in [6.45, 7) is 17.5. The third-order valence-electron chi connectivity index (χ3n) is 9.08. The van der Waals surface area contributed by atoms with Gasteiger partial charge in [0.25, 0.3) is 8.32 Å². The standard InChI is InChI=1S/C30H47F6OSi3/c1-9-39(10-2,11-3)16-14-12-13-15-17-40(21(4)5,19-18-38(6,7)8)37-30-25(32)22-20-23(31)26(33)27(34)24(22)28(35)29(30)36/h21H,9-19H2,1-8H3. The maximum absolute atomic E-state index is 15.6. The first-order valence-electron chi connectivity index (χ1n) is 14.8. The van der Waals surface area contributed by atoms with E-state index in [0.29, 0.717) is 12.1 Å². The van der Waals surface area contributed by atoms with E-state index in [1.807, 2.05) is 13.8 Å². The van der Waals surface area contributed by atoms with Crippen molar-refractivity contribution in [2.45, 2.75) is 128 Å². The molecule has 2 rings (SSSR count). The number of rotatable bonds is 16. The monoisotopic (exact) mass is 621 g/mol. The zero-order valence-corrected chi connectivity index (χ0v) is 28.5. The van der Waals surface area contributed by atoms with Crippen molar-refractivity contribution in [1.29, 1.82) is 0 Å². The molecular formula is C30H47F6OSi3. The topological polar surface area (TPSA) is 9.23 Å². The minimum atomic E-state index is -2.93. The summed E-state index contributed by atoms with van der Waals surface area (Å²) in [6, 6.07) is 9.08. The fraction of sp³-hybridized carbons (Fsp3) is 0.667. The van der Waals surface area contributed by atoms with Crippen molar-refractivity contribution in [2.24, 2.45) is 0 Å². The molecular weight excluding hydrogens is 575 g/mol. The summed E-state index contributed by atoms with van der Waals surface area (Å²) in [4.78, 5) is 0. The highest BCUT2D eigenvalue weighted by Crippen LogP contribution is 2.42. The lowest BCUT2D eigenvalue weighted by Gasteiger charge is -2.37. The van der Waals surface area contributed by atoms with Crippen LogP contribution in [-0.2, 0) is 0 Å². The molecule has 10 heteroatoms. The molecule has 2 aromatic carbocycles. The van der Waals surface area contributed by atoms with Crippen molar-refractivity contribution in [2.75, 3.05) is 0 Å². The van der Waals surface area contributed by atoms with Crippen LogP contribution in [0.3, 0.4) is 0 Å². The van der Waals surface area contributed by atoms with Gasteiger partial charge in [-0.2, -0.15) is 4.39 Å². The Bertz CT molecular complexity index is 1140. The van der Waals surface area contributed by atoms with Crippen LogP contribution >= 0.6 is 0 Å². The molecule has 0 saturated heterocycles. The van der Waals surface area contributed by atoms with E-state index in [1.165, 1.54) is 30.6 Å². The first kappa shape index (κ1) is 34.9. The van der Waals surface area contributed by atoms with Gasteiger partial charge in [0.15, 0.2) is 34.8 Å². The molecule has 40 heavy (non-hydrogen) atoms. The van der Waals surface area contributed by atoms with Crippen LogP contribution in [0.2, 0.25) is 67.5 Å². The van der Waals surface area contributed by atoms with Crippen molar-refractivity contribution in [3.63, 3.8) is 0 Å². The molecule has 0 aliphatic carbocycles. The molecule has 1 atom stereocenters. The number of fused-ring (bicyclic) bond motifs is 1. The molecule has 0 amide bonds. The zero-order valence-electron chi connectivity index (χ0n) is 25.5. The molecule has 1 unspecified atom stereocenters. The Kier molecular flexibility index (Phi) is 12.5. The maximum Gasteiger partial charge on any atom is 0.253 e. The quantitative estimate of drug-likeness (QED) is 0.0596. The SMILES string of the molecule is CC[Si](CC)(CC)CCCCCC[Si](CC[Si](C)(C)C)(Oc1c(F)c(F)c2c(F)c(F)c(F)[c]c2c1F)C(C)C. The molecule has 0 saturated carbocycles. The lowest BCUT2D eigenvalue weighted by molar-refractivity contribution is 0.405. The molecule has 1 nitrogen and oxygen atoms in total. The first-order chi connectivity index (χ1) is 18.6. The Morgan fingerprint density at radius 3 is 1.68 bits per heavy atom. The Balaban J connectivity index is 2.40. The fourth-order valence-electron chi connectivity index (χ4n) is 5.69. The van der Waals surface area contributed by atoms with E-state index < -0.39 is 75.9 Å². The summed E-state index contributed by atoms with van der Waals surface area (Å²) >= 11 is 0. The van der Waals surface area contributed by atoms with Crippen LogP contribution in [-0.4, -0.2) is 24.5 Å². The van der Waals surface area contributed by atoms with Crippen molar-refractivity contribution in [3.8, 4) is 5.75 Å². The molecule has 0 N–H and O–H groups in total. The number of halogens is 6. The van der Waals surface area contributed by atoms with Crippen LogP contribution in [0.4, 0.5) is 26.3 Å². The molecule has 0 bridgehead atoms. The van der Waals surface area contributed by atoms with Gasteiger partial charge in [-0.15, -0.1) is 0 Å². The summed E-state index contributed by atoms with van der Waals surface area (Å²) in [6.07, 6.45) is 4.06. The normalized spacial score (nSPS) is 14.3. The smallest absolute Gasteiger partial charge is 0.253 e. The molecule has 0 spiro atoms. The van der Waals surface area contributed by atoms with E-state index in [0.717, 1.165) is 25.3 Å². The molecule has 0 aliphatic rings. The highest BCUT2D eigenvalue weighted by Gasteiger charge is 2.43. The number of benzene rings is 2. The highest BCUT2D eigenvalue weighted by atomic mass is 28.4. The Labute approximate surface area is 240 Å². The minimum absolute atomic E-state index is 0.0487. The van der Waals surface area contributed by atoms with Gasteiger partial charge in [0, 0.05) is 19.5 Å². The van der Waals surface area contributed by atoms with Crippen LogP contribution in [0.15, 0.2) is 0 Å². The van der Waals surface area contributed by atoms with Crippen molar-refractivity contribution < 1.29 is 30.8 Å². The van der Waals surface area contributed by atoms with Gasteiger partial charge >= 0.3 is 0 Å². The molecule has 1 radical (unpaired) electrons. The number of unbranched alkanes of at least 4 members (excludes halogenated alkanes) is 3. The molecule has 0 aromatic heterocycles. The Morgan fingerprint density at radius 2 is 1.18 bits per heavy atom. The maximum atomic E-state index is 15.6. The molecule has 0 aliphatic heterocycles. The third-order valence-corrected chi connectivity index (χ3v) is 22.3. The molecule has 227 valence electrons. The van der Waals surface area contributed by atoms with Crippen LogP contribution in [0.1, 0.15) is 60.3 Å². The van der Waals surface area contributed by atoms with Crippen LogP contribution in [0.5, 0.6) is 5.75 Å². The molecule has 0 heterocycles. The second-order valence-corrected chi connectivity index (χ2v) is 28.7. The van der Waals surface area contributed by atoms with Crippen molar-refractivity contribution >= 4 is 35.2 Å². The van der Waals surface area contributed by atoms with Crippen molar-refractivity contribution in [1.82, 2.24) is 0 Å². The van der Waals surface area contributed by atoms with Gasteiger partial charge in [-0.05, 0) is 17.6 Å². The Morgan fingerprint density at radius 1 is 0.650 bits per heavy atom. The predicted octanol–water partition coefficient (Wildman–Crippen LogP) is 11.6. The zero-order chi connectivity index (χ0) is 30.5. The summed E-state index contributed by atoms with van der Waals surface area (Å²) in [5.41, 5.74) is -0.0487. The summed E-state index contributed by atoms with van der Waals surface area (Å²) in [5, 5.41) is -2.29. The minimum Gasteiger partial charge on any atom is -0.539 e. The lowest BCUT2D eigenvalue weighted by Crippen LogP contribution is -2.46. The molecule has 2 aromatic rings. The van der Waals surface area contributed by atoms with Gasteiger partial charge in [0.05, 0.1) is 13.5 Å². The number of hydrogen-bond donors (Lipinski definition) is 0. The second kappa shape index (κ2) is 14.3. The van der Waals surface area contributed by atoms with Gasteiger partial charge in [-0.3, -0.25) is 0 Å². The van der Waals surface area contributed by atoms with Gasteiger partial charge in [0.1, 0.15) is 0 Å². The summed E-state index contributed by atoms with van der Waals surface area (Å²) in [5.74, 6) is -11.7. The van der Waals surface area contributed by atoms with Crippen LogP contribution < -0.4 is 4.43 Å². The molecule has 0 fully saturated rings. The third kappa shape index (κ3) is 7.96. The van der Waals surface area contributed by atoms with Crippen molar-refractivity contribution in [3.05, 3.63) is 41.0 Å². The van der Waals surface area contributed by atoms with E-state index in [4.69, 9.17) is 4.43 Å². The van der Waals surface area contributed by atoms with Gasteiger partial charge in [-0.25, -0.2) is 22.0 Å². The summed E-state index contributed by atoms with van der Waals surface area (Å²) in [7, 11) is -5.69. The van der Waals surface area contributed by atoms with Crippen LogP contribution in [0.25, 0.3) is 10.8 Å². The lowest BCUT2D eigenvalue weighted by atomic mass is 10.1. The second-order valence-electron chi connectivity index (χ2n) is 12.9. The van der Waals surface area contributed by atoms with Gasteiger partial charge in [-0.1, -0.05) is 110 Å². The largest absolute Gasteiger partial charge is 0.539 e. The van der Waals surface area contributed by atoms with Crippen LogP contribution in [0, 0.1) is 41.0 Å². The average Bonchev–Trinajstić information content (AvgIpc) is 2.90. The number of hydrogen-bond acceptors (Lipinski definition) is 1. The van der Waals surface area contributed by atoms with Gasteiger partial charge < -0.3 is 4.43 Å². The van der Waals surface area contributed by atoms with E-state index >= 15 is 8.78 Å². The van der Waals surface area contributed by atoms with E-state index in [1.54, 1.807) is 6.07 Å². The Hall–Kier alpha value is -1.27. The average molecular weight is 622 g/mol. The van der Waals surface area contributed by atoms with E-state index in [-0.39, 0.29) is 5.54 Å². The van der Waals surface area contributed by atoms with E-state index in [2.05, 4.69) is 40.4 Å². The summed E-state index contributed by atoms with van der Waals surface area (Å²) < 4.78 is 94.0.